The molecule has 156 valence electrons. The number of methoxy groups -OCH3 is 1. The van der Waals surface area contributed by atoms with Gasteiger partial charge in [0.15, 0.2) is 0 Å². The molecule has 2 N–H and O–H groups in total. The summed E-state index contributed by atoms with van der Waals surface area (Å²) in [5.41, 5.74) is 0.554. The molecule has 2 aromatic rings. The van der Waals surface area contributed by atoms with Crippen LogP contribution in [-0.4, -0.2) is 40.2 Å². The second kappa shape index (κ2) is 9.02. The Morgan fingerprint density at radius 1 is 1.24 bits per heavy atom. The number of anilines is 1. The van der Waals surface area contributed by atoms with Crippen molar-refractivity contribution in [2.75, 3.05) is 18.4 Å². The molecule has 1 saturated heterocycles. The Bertz CT molecular complexity index is 973. The number of hydrogen-bond donors (Lipinski definition) is 2. The summed E-state index contributed by atoms with van der Waals surface area (Å²) in [6.07, 6.45) is 1.81. The average molecular weight is 439 g/mol. The minimum Gasteiger partial charge on any atom is -0.497 e. The van der Waals surface area contributed by atoms with Crippen LogP contribution in [-0.2, 0) is 14.8 Å². The number of halogens is 1. The van der Waals surface area contributed by atoms with E-state index in [0.717, 1.165) is 12.8 Å². The maximum atomic E-state index is 12.8. The van der Waals surface area contributed by atoms with Gasteiger partial charge >= 0.3 is 0 Å². The standard InChI is InChI=1S/C20H23ClN2O5S/c1-13(18-4-3-11-28-18)22-20(24)14-5-10-17(21)19(12-14)29(25,26)23-15-6-8-16(27-2)9-7-15/h5-10,12-13,18,23H,3-4,11H2,1-2H3,(H,22,24). The molecule has 9 heteroatoms. The van der Waals surface area contributed by atoms with E-state index in [9.17, 15) is 13.2 Å². The van der Waals surface area contributed by atoms with Gasteiger partial charge < -0.3 is 14.8 Å². The molecule has 0 aromatic heterocycles. The van der Waals surface area contributed by atoms with Gasteiger partial charge in [-0.3, -0.25) is 9.52 Å². The maximum Gasteiger partial charge on any atom is 0.263 e. The van der Waals surface area contributed by atoms with E-state index in [1.54, 1.807) is 24.3 Å². The second-order valence-electron chi connectivity index (χ2n) is 6.79. The lowest BCUT2D eigenvalue weighted by molar-refractivity contribution is 0.0712. The number of benzene rings is 2. The number of carbonyl (C=O) groups excluding carboxylic acids is 1. The summed E-state index contributed by atoms with van der Waals surface area (Å²) in [6, 6.07) is 10.4. The normalized spacial score (nSPS) is 17.6. The summed E-state index contributed by atoms with van der Waals surface area (Å²) in [5.74, 6) is 0.218. The van der Waals surface area contributed by atoms with Crippen LogP contribution in [0.3, 0.4) is 0 Å². The van der Waals surface area contributed by atoms with Gasteiger partial charge in [-0.15, -0.1) is 0 Å². The molecular weight excluding hydrogens is 416 g/mol. The van der Waals surface area contributed by atoms with Gasteiger partial charge in [0.05, 0.1) is 24.3 Å². The Morgan fingerprint density at radius 2 is 1.97 bits per heavy atom. The third-order valence-corrected chi connectivity index (χ3v) is 6.57. The van der Waals surface area contributed by atoms with Crippen molar-refractivity contribution in [1.82, 2.24) is 5.32 Å². The summed E-state index contributed by atoms with van der Waals surface area (Å²) >= 11 is 6.12. The maximum absolute atomic E-state index is 12.8. The molecular formula is C20H23ClN2O5S. The highest BCUT2D eigenvalue weighted by Crippen LogP contribution is 2.26. The predicted molar refractivity (Wildman–Crippen MR) is 111 cm³/mol. The van der Waals surface area contributed by atoms with Crippen LogP contribution in [0.2, 0.25) is 5.02 Å². The number of nitrogens with one attached hydrogen (secondary N) is 2. The first kappa shape index (κ1) is 21.4. The second-order valence-corrected chi connectivity index (χ2v) is 8.85. The Hall–Kier alpha value is -2.29. The quantitative estimate of drug-likeness (QED) is 0.690. The van der Waals surface area contributed by atoms with Crippen molar-refractivity contribution < 1.29 is 22.7 Å². The number of ether oxygens (including phenoxy) is 2. The Morgan fingerprint density at radius 3 is 2.59 bits per heavy atom. The monoisotopic (exact) mass is 438 g/mol. The summed E-state index contributed by atoms with van der Waals surface area (Å²) in [6.45, 7) is 2.55. The van der Waals surface area contributed by atoms with Crippen molar-refractivity contribution in [1.29, 1.82) is 0 Å². The zero-order valence-electron chi connectivity index (χ0n) is 16.1. The highest BCUT2D eigenvalue weighted by Gasteiger charge is 2.25. The minimum absolute atomic E-state index is 0.0229. The molecule has 1 fully saturated rings. The van der Waals surface area contributed by atoms with Gasteiger partial charge in [-0.25, -0.2) is 8.42 Å². The van der Waals surface area contributed by atoms with Crippen LogP contribution in [0.1, 0.15) is 30.1 Å². The van der Waals surface area contributed by atoms with E-state index in [2.05, 4.69) is 10.0 Å². The molecule has 0 radical (unpaired) electrons. The number of sulfonamides is 1. The SMILES string of the molecule is COc1ccc(NS(=O)(=O)c2cc(C(=O)NC(C)C3CCCO3)ccc2Cl)cc1. The van der Waals surface area contributed by atoms with Crippen LogP contribution < -0.4 is 14.8 Å². The molecule has 0 spiro atoms. The van der Waals surface area contributed by atoms with Crippen molar-refractivity contribution in [3.63, 3.8) is 0 Å². The van der Waals surface area contributed by atoms with E-state index in [0.29, 0.717) is 18.0 Å². The Labute approximate surface area is 175 Å². The fourth-order valence-corrected chi connectivity index (χ4v) is 4.69. The first-order chi connectivity index (χ1) is 13.8. The molecule has 3 rings (SSSR count). The molecule has 7 nitrogen and oxygen atoms in total. The van der Waals surface area contributed by atoms with Gasteiger partial charge in [-0.1, -0.05) is 11.6 Å². The van der Waals surface area contributed by atoms with Crippen LogP contribution in [0.4, 0.5) is 5.69 Å². The lowest BCUT2D eigenvalue weighted by atomic mass is 10.1. The molecule has 2 unspecified atom stereocenters. The van der Waals surface area contributed by atoms with Crippen molar-refractivity contribution in [2.45, 2.75) is 36.8 Å². The van der Waals surface area contributed by atoms with Crippen molar-refractivity contribution >= 4 is 33.2 Å². The minimum atomic E-state index is -3.99. The number of carbonyl (C=O) groups is 1. The lowest BCUT2D eigenvalue weighted by Gasteiger charge is -2.20. The van der Waals surface area contributed by atoms with Crippen molar-refractivity contribution in [2.24, 2.45) is 0 Å². The van der Waals surface area contributed by atoms with E-state index < -0.39 is 10.0 Å². The van der Waals surface area contributed by atoms with E-state index in [1.165, 1.54) is 25.3 Å². The number of amides is 1. The number of hydrogen-bond acceptors (Lipinski definition) is 5. The molecule has 1 heterocycles. The van der Waals surface area contributed by atoms with Crippen LogP contribution in [0.15, 0.2) is 47.4 Å². The fraction of sp³-hybridized carbons (Fsp3) is 0.350. The van der Waals surface area contributed by atoms with E-state index in [1.807, 2.05) is 6.92 Å². The first-order valence-electron chi connectivity index (χ1n) is 9.19. The largest absolute Gasteiger partial charge is 0.497 e. The summed E-state index contributed by atoms with van der Waals surface area (Å²) in [4.78, 5) is 12.4. The molecule has 29 heavy (non-hydrogen) atoms. The van der Waals surface area contributed by atoms with Gasteiger partial charge in [0.25, 0.3) is 15.9 Å². The van der Waals surface area contributed by atoms with Crippen molar-refractivity contribution in [3.05, 3.63) is 53.1 Å². The Balaban J connectivity index is 1.78. The van der Waals surface area contributed by atoms with Crippen molar-refractivity contribution in [3.8, 4) is 5.75 Å². The smallest absolute Gasteiger partial charge is 0.263 e. The zero-order chi connectivity index (χ0) is 21.0. The Kier molecular flexibility index (Phi) is 6.66. The summed E-state index contributed by atoms with van der Waals surface area (Å²) in [7, 11) is -2.47. The highest BCUT2D eigenvalue weighted by molar-refractivity contribution is 7.92. The first-order valence-corrected chi connectivity index (χ1v) is 11.0. The molecule has 2 atom stereocenters. The van der Waals surface area contributed by atoms with E-state index in [4.69, 9.17) is 21.1 Å². The zero-order valence-corrected chi connectivity index (χ0v) is 17.7. The predicted octanol–water partition coefficient (Wildman–Crippen LogP) is 3.45. The lowest BCUT2D eigenvalue weighted by Crippen LogP contribution is -2.40. The fourth-order valence-electron chi connectivity index (χ4n) is 3.10. The highest BCUT2D eigenvalue weighted by atomic mass is 35.5. The third kappa shape index (κ3) is 5.20. The van der Waals surface area contributed by atoms with E-state index in [-0.39, 0.29) is 33.5 Å². The summed E-state index contributed by atoms with van der Waals surface area (Å²) in [5, 5.41) is 2.89. The van der Waals surface area contributed by atoms with Gasteiger partial charge in [-0.2, -0.15) is 0 Å². The van der Waals surface area contributed by atoms with Gasteiger partial charge in [0.2, 0.25) is 0 Å². The van der Waals surface area contributed by atoms with E-state index >= 15 is 0 Å². The molecule has 2 aromatic carbocycles. The van der Waals surface area contributed by atoms with Gasteiger partial charge in [0, 0.05) is 17.9 Å². The number of rotatable bonds is 7. The van der Waals surface area contributed by atoms with Crippen LogP contribution in [0, 0.1) is 0 Å². The summed E-state index contributed by atoms with van der Waals surface area (Å²) < 4.78 is 38.7. The molecule has 0 bridgehead atoms. The average Bonchev–Trinajstić information content (AvgIpc) is 3.23. The van der Waals surface area contributed by atoms with Crippen LogP contribution >= 0.6 is 11.6 Å². The van der Waals surface area contributed by atoms with Gasteiger partial charge in [-0.05, 0) is 62.2 Å². The molecule has 1 aliphatic rings. The van der Waals surface area contributed by atoms with Gasteiger partial charge in [0.1, 0.15) is 10.6 Å². The molecule has 0 saturated carbocycles. The third-order valence-electron chi connectivity index (χ3n) is 4.71. The molecule has 1 amide bonds. The van der Waals surface area contributed by atoms with Crippen LogP contribution in [0.5, 0.6) is 5.75 Å². The molecule has 0 aliphatic carbocycles. The van der Waals surface area contributed by atoms with Crippen LogP contribution in [0.25, 0.3) is 0 Å². The topological polar surface area (TPSA) is 93.7 Å². The molecule has 1 aliphatic heterocycles.